The number of ether oxygens (including phenoxy) is 1. The van der Waals surface area contributed by atoms with Crippen molar-refractivity contribution in [2.45, 2.75) is 32.2 Å². The molecule has 0 saturated heterocycles. The molecule has 0 radical (unpaired) electrons. The second kappa shape index (κ2) is 7.99. The summed E-state index contributed by atoms with van der Waals surface area (Å²) in [5, 5.41) is 9.37. The molecular weight excluding hydrogens is 338 g/mol. The van der Waals surface area contributed by atoms with Gasteiger partial charge in [-0.05, 0) is 49.1 Å². The van der Waals surface area contributed by atoms with E-state index in [1.54, 1.807) is 27.0 Å². The number of rotatable bonds is 7. The topological polar surface area (TPSA) is 66.8 Å². The van der Waals surface area contributed by atoms with Crippen LogP contribution in [0.5, 0.6) is 5.75 Å². The maximum atomic E-state index is 13.3. The third-order valence-electron chi connectivity index (χ3n) is 4.35. The van der Waals surface area contributed by atoms with Gasteiger partial charge >= 0.3 is 0 Å². The Hall–Kier alpha value is -1.89. The smallest absolute Gasteiger partial charge is 0.243 e. The van der Waals surface area contributed by atoms with E-state index in [0.717, 1.165) is 11.1 Å². The Morgan fingerprint density at radius 2 is 1.72 bits per heavy atom. The molecule has 6 heteroatoms. The number of methoxy groups -OCH3 is 1. The van der Waals surface area contributed by atoms with E-state index in [4.69, 9.17) is 4.74 Å². The summed E-state index contributed by atoms with van der Waals surface area (Å²) in [6.07, 6.45) is 0. The van der Waals surface area contributed by atoms with E-state index in [1.807, 2.05) is 37.3 Å². The van der Waals surface area contributed by atoms with E-state index in [9.17, 15) is 13.5 Å². The van der Waals surface area contributed by atoms with Crippen molar-refractivity contribution >= 4 is 10.0 Å². The van der Waals surface area contributed by atoms with Crippen LogP contribution < -0.4 is 4.74 Å². The van der Waals surface area contributed by atoms with Crippen molar-refractivity contribution in [2.24, 2.45) is 0 Å². The van der Waals surface area contributed by atoms with Gasteiger partial charge in [-0.3, -0.25) is 0 Å². The predicted molar refractivity (Wildman–Crippen MR) is 98.3 cm³/mol. The highest BCUT2D eigenvalue weighted by atomic mass is 32.2. The Labute approximate surface area is 149 Å². The van der Waals surface area contributed by atoms with Gasteiger partial charge in [-0.25, -0.2) is 8.42 Å². The molecule has 0 atom stereocenters. The maximum absolute atomic E-state index is 13.3. The summed E-state index contributed by atoms with van der Waals surface area (Å²) in [5.41, 5.74) is 2.99. The number of hydrogen-bond acceptors (Lipinski definition) is 4. The fourth-order valence-corrected chi connectivity index (χ4v) is 4.85. The first-order valence-corrected chi connectivity index (χ1v) is 9.56. The standard InChI is InChI=1S/C19H25NO4S/c1-14-12-18(24-4)15(2)16(3)19(14)25(22,23)20(10-11-21)13-17-8-6-5-7-9-17/h5-9,12,21H,10-11,13H2,1-4H3. The number of sulfonamides is 1. The molecule has 0 saturated carbocycles. The molecular formula is C19H25NO4S. The fraction of sp³-hybridized carbons (Fsp3) is 0.368. The van der Waals surface area contributed by atoms with Crippen LogP contribution in [0.4, 0.5) is 0 Å². The van der Waals surface area contributed by atoms with Gasteiger partial charge in [0.25, 0.3) is 0 Å². The first kappa shape index (κ1) is 19.4. The molecule has 136 valence electrons. The van der Waals surface area contributed by atoms with Crippen LogP contribution in [0.2, 0.25) is 0 Å². The number of aliphatic hydroxyl groups is 1. The van der Waals surface area contributed by atoms with Crippen molar-refractivity contribution < 1.29 is 18.3 Å². The van der Waals surface area contributed by atoms with Gasteiger partial charge in [0.1, 0.15) is 5.75 Å². The number of aryl methyl sites for hydroxylation is 1. The molecule has 0 aliphatic rings. The third-order valence-corrected chi connectivity index (χ3v) is 6.48. The summed E-state index contributed by atoms with van der Waals surface area (Å²) >= 11 is 0. The Bertz CT molecular complexity index is 832. The number of aliphatic hydroxyl groups excluding tert-OH is 1. The van der Waals surface area contributed by atoms with Gasteiger partial charge in [0.2, 0.25) is 10.0 Å². The molecule has 2 aromatic carbocycles. The molecule has 5 nitrogen and oxygen atoms in total. The minimum atomic E-state index is -3.75. The summed E-state index contributed by atoms with van der Waals surface area (Å²) in [6, 6.07) is 11.1. The van der Waals surface area contributed by atoms with Gasteiger partial charge in [0.15, 0.2) is 0 Å². The van der Waals surface area contributed by atoms with Crippen molar-refractivity contribution in [3.05, 3.63) is 58.7 Å². The van der Waals surface area contributed by atoms with Gasteiger partial charge in [-0.15, -0.1) is 0 Å². The van der Waals surface area contributed by atoms with Crippen LogP contribution in [0.3, 0.4) is 0 Å². The SMILES string of the molecule is COc1cc(C)c(S(=O)(=O)N(CCO)Cc2ccccc2)c(C)c1C. The Balaban J connectivity index is 2.52. The van der Waals surface area contributed by atoms with E-state index in [-0.39, 0.29) is 24.6 Å². The van der Waals surface area contributed by atoms with Gasteiger partial charge in [0.05, 0.1) is 18.6 Å². The van der Waals surface area contributed by atoms with Crippen LogP contribution in [0.15, 0.2) is 41.3 Å². The summed E-state index contributed by atoms with van der Waals surface area (Å²) in [6.45, 7) is 5.42. The van der Waals surface area contributed by atoms with Crippen LogP contribution in [0.25, 0.3) is 0 Å². The third kappa shape index (κ3) is 4.03. The highest BCUT2D eigenvalue weighted by molar-refractivity contribution is 7.89. The van der Waals surface area contributed by atoms with Crippen molar-refractivity contribution in [3.8, 4) is 5.75 Å². The van der Waals surface area contributed by atoms with Gasteiger partial charge < -0.3 is 9.84 Å². The van der Waals surface area contributed by atoms with E-state index in [2.05, 4.69) is 0 Å². The number of nitrogens with zero attached hydrogens (tertiary/aromatic N) is 1. The molecule has 0 aliphatic heterocycles. The number of hydrogen-bond donors (Lipinski definition) is 1. The second-order valence-corrected chi connectivity index (χ2v) is 7.90. The molecule has 25 heavy (non-hydrogen) atoms. The van der Waals surface area contributed by atoms with Crippen molar-refractivity contribution in [1.29, 1.82) is 0 Å². The molecule has 2 rings (SSSR count). The van der Waals surface area contributed by atoms with E-state index in [0.29, 0.717) is 16.9 Å². The van der Waals surface area contributed by atoms with Crippen molar-refractivity contribution in [1.82, 2.24) is 4.31 Å². The quantitative estimate of drug-likeness (QED) is 0.821. The lowest BCUT2D eigenvalue weighted by Gasteiger charge is -2.25. The summed E-state index contributed by atoms with van der Waals surface area (Å²) < 4.78 is 33.2. The maximum Gasteiger partial charge on any atom is 0.243 e. The zero-order valence-corrected chi connectivity index (χ0v) is 15.9. The Morgan fingerprint density at radius 3 is 2.28 bits per heavy atom. The van der Waals surface area contributed by atoms with Crippen molar-refractivity contribution in [3.63, 3.8) is 0 Å². The lowest BCUT2D eigenvalue weighted by molar-refractivity contribution is 0.251. The average molecular weight is 363 g/mol. The number of benzene rings is 2. The molecule has 2 aromatic rings. The fourth-order valence-electron chi connectivity index (χ4n) is 2.94. The summed E-state index contributed by atoms with van der Waals surface area (Å²) in [5.74, 6) is 0.672. The van der Waals surface area contributed by atoms with Crippen LogP contribution in [-0.2, 0) is 16.6 Å². The largest absolute Gasteiger partial charge is 0.496 e. The molecule has 0 unspecified atom stereocenters. The van der Waals surface area contributed by atoms with Crippen LogP contribution >= 0.6 is 0 Å². The second-order valence-electron chi connectivity index (χ2n) is 6.02. The first-order chi connectivity index (χ1) is 11.8. The minimum absolute atomic E-state index is 0.0428. The summed E-state index contributed by atoms with van der Waals surface area (Å²) in [7, 11) is -2.18. The molecule has 0 amide bonds. The van der Waals surface area contributed by atoms with Gasteiger partial charge in [0, 0.05) is 13.1 Å². The first-order valence-electron chi connectivity index (χ1n) is 8.12. The highest BCUT2D eigenvalue weighted by Gasteiger charge is 2.29. The summed E-state index contributed by atoms with van der Waals surface area (Å²) in [4.78, 5) is 0.287. The molecule has 0 heterocycles. The molecule has 1 N–H and O–H groups in total. The van der Waals surface area contributed by atoms with Crippen molar-refractivity contribution in [2.75, 3.05) is 20.3 Å². The monoisotopic (exact) mass is 363 g/mol. The minimum Gasteiger partial charge on any atom is -0.496 e. The molecule has 0 spiro atoms. The zero-order valence-electron chi connectivity index (χ0n) is 15.1. The van der Waals surface area contributed by atoms with Crippen LogP contribution in [-0.4, -0.2) is 38.1 Å². The lowest BCUT2D eigenvalue weighted by atomic mass is 10.1. The molecule has 0 aromatic heterocycles. The zero-order chi connectivity index (χ0) is 18.6. The van der Waals surface area contributed by atoms with E-state index in [1.165, 1.54) is 4.31 Å². The highest BCUT2D eigenvalue weighted by Crippen LogP contribution is 2.32. The molecule has 0 bridgehead atoms. The normalized spacial score (nSPS) is 11.8. The Kier molecular flexibility index (Phi) is 6.21. The van der Waals surface area contributed by atoms with Crippen LogP contribution in [0, 0.1) is 20.8 Å². The Morgan fingerprint density at radius 1 is 1.08 bits per heavy atom. The van der Waals surface area contributed by atoms with Crippen LogP contribution in [0.1, 0.15) is 22.3 Å². The van der Waals surface area contributed by atoms with Gasteiger partial charge in [-0.1, -0.05) is 30.3 Å². The van der Waals surface area contributed by atoms with Gasteiger partial charge in [-0.2, -0.15) is 4.31 Å². The predicted octanol–water partition coefficient (Wildman–Crippen LogP) is 2.80. The average Bonchev–Trinajstić information content (AvgIpc) is 2.58. The lowest BCUT2D eigenvalue weighted by Crippen LogP contribution is -2.34. The molecule has 0 aliphatic carbocycles. The van der Waals surface area contributed by atoms with E-state index < -0.39 is 10.0 Å². The van der Waals surface area contributed by atoms with E-state index >= 15 is 0 Å². The molecule has 0 fully saturated rings.